The van der Waals surface area contributed by atoms with E-state index in [-0.39, 0.29) is 16.9 Å². The molecule has 0 aliphatic rings. The summed E-state index contributed by atoms with van der Waals surface area (Å²) in [4.78, 5) is 0. The molecule has 1 rings (SSSR count). The largest absolute Gasteiger partial charge is 0.390 e. The number of ether oxygens (including phenoxy) is 3. The lowest BCUT2D eigenvalue weighted by molar-refractivity contribution is -0.0722. The predicted octanol–water partition coefficient (Wildman–Crippen LogP) is 4.15. The fourth-order valence-corrected chi connectivity index (χ4v) is 3.31. The first kappa shape index (κ1) is 27.4. The molecule has 174 valence electrons. The first-order valence-corrected chi connectivity index (χ1v) is 11.9. The van der Waals surface area contributed by atoms with Gasteiger partial charge >= 0.3 is 0 Å². The van der Waals surface area contributed by atoms with Gasteiger partial charge in [0.05, 0.1) is 51.3 Å². The van der Waals surface area contributed by atoms with Gasteiger partial charge < -0.3 is 24.4 Å². The van der Waals surface area contributed by atoms with Gasteiger partial charge in [-0.15, -0.1) is 0 Å². The molecule has 0 aromatic heterocycles. The van der Waals surface area contributed by atoms with Crippen LogP contribution >= 0.6 is 11.8 Å². The molecule has 30 heavy (non-hydrogen) atoms. The zero-order valence-corrected chi connectivity index (χ0v) is 20.4. The van der Waals surface area contributed by atoms with Crippen molar-refractivity contribution in [3.05, 3.63) is 35.9 Å². The van der Waals surface area contributed by atoms with Crippen molar-refractivity contribution in [2.75, 3.05) is 38.8 Å². The molecule has 1 unspecified atom stereocenters. The second-order valence-electron chi connectivity index (χ2n) is 9.87. The molecule has 3 atom stereocenters. The molecule has 0 saturated heterocycles. The van der Waals surface area contributed by atoms with Crippen molar-refractivity contribution in [2.45, 2.75) is 65.6 Å². The minimum atomic E-state index is -0.516. The lowest BCUT2D eigenvalue weighted by Crippen LogP contribution is -2.33. The molecular formula is C24H42O5S. The summed E-state index contributed by atoms with van der Waals surface area (Å²) in [6.07, 6.45) is -1.10. The number of aliphatic hydroxyl groups excluding tert-OH is 2. The van der Waals surface area contributed by atoms with E-state index in [4.69, 9.17) is 14.2 Å². The first-order valence-electron chi connectivity index (χ1n) is 10.7. The highest BCUT2D eigenvalue weighted by atomic mass is 32.2. The molecule has 0 aliphatic carbocycles. The van der Waals surface area contributed by atoms with Gasteiger partial charge in [0.15, 0.2) is 0 Å². The van der Waals surface area contributed by atoms with E-state index in [0.29, 0.717) is 33.0 Å². The minimum Gasteiger partial charge on any atom is -0.390 e. The summed E-state index contributed by atoms with van der Waals surface area (Å²) in [6, 6.07) is 10.3. The summed E-state index contributed by atoms with van der Waals surface area (Å²) in [5, 5.41) is 20.2. The lowest BCUT2D eigenvalue weighted by Gasteiger charge is -2.27. The van der Waals surface area contributed by atoms with Gasteiger partial charge in [0.1, 0.15) is 0 Å². The molecule has 5 nitrogen and oxygen atoms in total. The van der Waals surface area contributed by atoms with Crippen molar-refractivity contribution >= 4 is 11.8 Å². The van der Waals surface area contributed by atoms with Crippen molar-refractivity contribution in [3.8, 4) is 0 Å². The zero-order valence-electron chi connectivity index (χ0n) is 19.6. The molecule has 1 aromatic rings. The normalized spacial score (nSPS) is 15.7. The molecule has 0 aliphatic heterocycles. The Hall–Kier alpha value is -0.630. The van der Waals surface area contributed by atoms with Gasteiger partial charge in [-0.3, -0.25) is 0 Å². The summed E-state index contributed by atoms with van der Waals surface area (Å²) in [5.41, 5.74) is 0.879. The van der Waals surface area contributed by atoms with Crippen LogP contribution in [0.1, 0.15) is 47.1 Å². The van der Waals surface area contributed by atoms with Crippen molar-refractivity contribution in [3.63, 3.8) is 0 Å². The Morgan fingerprint density at radius 2 is 1.37 bits per heavy atom. The predicted molar refractivity (Wildman–Crippen MR) is 125 cm³/mol. The smallest absolute Gasteiger partial charge is 0.0899 e. The molecule has 0 spiro atoms. The van der Waals surface area contributed by atoms with Crippen molar-refractivity contribution < 1.29 is 24.4 Å². The monoisotopic (exact) mass is 442 g/mol. The van der Waals surface area contributed by atoms with Crippen molar-refractivity contribution in [1.29, 1.82) is 0 Å². The van der Waals surface area contributed by atoms with Crippen molar-refractivity contribution in [2.24, 2.45) is 10.8 Å². The molecule has 1 aromatic carbocycles. The molecule has 0 heterocycles. The minimum absolute atomic E-state index is 0.0815. The maximum absolute atomic E-state index is 10.2. The highest BCUT2D eigenvalue weighted by Gasteiger charge is 2.23. The molecular weight excluding hydrogens is 400 g/mol. The number of hydrogen-bond acceptors (Lipinski definition) is 6. The van der Waals surface area contributed by atoms with E-state index in [0.717, 1.165) is 11.5 Å². The number of aliphatic hydroxyl groups is 2. The second kappa shape index (κ2) is 13.7. The summed E-state index contributed by atoms with van der Waals surface area (Å²) < 4.78 is 17.3. The van der Waals surface area contributed by atoms with E-state index in [1.807, 2.05) is 59.7 Å². The molecule has 6 heteroatoms. The van der Waals surface area contributed by atoms with Crippen LogP contribution in [0.25, 0.3) is 0 Å². The van der Waals surface area contributed by atoms with Gasteiger partial charge in [-0.2, -0.15) is 11.8 Å². The van der Waals surface area contributed by atoms with E-state index < -0.39 is 12.2 Å². The molecule has 0 fully saturated rings. The van der Waals surface area contributed by atoms with E-state index in [1.165, 1.54) is 5.56 Å². The fourth-order valence-electron chi connectivity index (χ4n) is 2.31. The van der Waals surface area contributed by atoms with Gasteiger partial charge in [-0.05, 0) is 16.4 Å². The quantitative estimate of drug-likeness (QED) is 0.422. The Morgan fingerprint density at radius 3 is 1.93 bits per heavy atom. The Morgan fingerprint density at radius 1 is 0.800 bits per heavy atom. The van der Waals surface area contributed by atoms with Crippen LogP contribution in [0.15, 0.2) is 30.3 Å². The number of thioether (sulfide) groups is 1. The third-order valence-corrected chi connectivity index (χ3v) is 6.00. The molecule has 2 N–H and O–H groups in total. The Balaban J connectivity index is 2.39. The lowest BCUT2D eigenvalue weighted by atomic mass is 9.90. The average molecular weight is 443 g/mol. The summed E-state index contributed by atoms with van der Waals surface area (Å²) in [5.74, 6) is 1.71. The summed E-state index contributed by atoms with van der Waals surface area (Å²) in [7, 11) is 0. The van der Waals surface area contributed by atoms with Crippen molar-refractivity contribution in [1.82, 2.24) is 0 Å². The highest BCUT2D eigenvalue weighted by molar-refractivity contribution is 7.98. The van der Waals surface area contributed by atoms with Gasteiger partial charge in [-0.25, -0.2) is 0 Å². The number of hydrogen-bond donors (Lipinski definition) is 2. The maximum atomic E-state index is 10.2. The molecule has 0 saturated carbocycles. The maximum Gasteiger partial charge on any atom is 0.0899 e. The fraction of sp³-hybridized carbons (Fsp3) is 0.750. The molecule has 0 bridgehead atoms. The van der Waals surface area contributed by atoms with Crippen LogP contribution in [0.3, 0.4) is 0 Å². The van der Waals surface area contributed by atoms with E-state index >= 15 is 0 Å². The number of benzene rings is 1. The third kappa shape index (κ3) is 12.3. The second-order valence-corrected chi connectivity index (χ2v) is 10.9. The van der Waals surface area contributed by atoms with Gasteiger partial charge in [0, 0.05) is 11.5 Å². The van der Waals surface area contributed by atoms with Crippen LogP contribution in [-0.2, 0) is 20.0 Å². The summed E-state index contributed by atoms with van der Waals surface area (Å²) >= 11 is 1.80. The van der Waals surface area contributed by atoms with Crippen LogP contribution in [-0.4, -0.2) is 67.3 Å². The van der Waals surface area contributed by atoms with Gasteiger partial charge in [0.2, 0.25) is 0 Å². The first-order chi connectivity index (χ1) is 14.0. The Labute approximate surface area is 187 Å². The number of rotatable bonds is 14. The SMILES string of the molecule is CC(C)(C)[C@H](O)COCCOC(COC[C@H](O)C(C)(C)C)CSCc1ccccc1. The standard InChI is InChI=1S/C24H42O5S/c1-23(2,3)21(25)15-27-12-13-29-20(14-28-16-22(26)24(4,5)6)18-30-17-19-10-8-7-9-11-19/h7-11,20-22,25-26H,12-18H2,1-6H3/t20?,21-,22+/m1/s1. The van der Waals surface area contributed by atoms with Crippen LogP contribution in [0.5, 0.6) is 0 Å². The van der Waals surface area contributed by atoms with E-state index in [2.05, 4.69) is 12.1 Å². The average Bonchev–Trinajstić information content (AvgIpc) is 2.66. The zero-order chi connectivity index (χ0) is 22.6. The van der Waals surface area contributed by atoms with E-state index in [1.54, 1.807) is 11.8 Å². The van der Waals surface area contributed by atoms with Crippen LogP contribution in [0.4, 0.5) is 0 Å². The summed E-state index contributed by atoms with van der Waals surface area (Å²) in [6.45, 7) is 13.8. The van der Waals surface area contributed by atoms with Crippen LogP contribution in [0.2, 0.25) is 0 Å². The highest BCUT2D eigenvalue weighted by Crippen LogP contribution is 2.20. The Bertz CT molecular complexity index is 553. The third-order valence-electron chi connectivity index (χ3n) is 4.85. The molecule has 0 amide bonds. The van der Waals surface area contributed by atoms with Gasteiger partial charge in [0.25, 0.3) is 0 Å². The van der Waals surface area contributed by atoms with Gasteiger partial charge in [-0.1, -0.05) is 71.9 Å². The van der Waals surface area contributed by atoms with Crippen LogP contribution in [0, 0.1) is 10.8 Å². The molecule has 0 radical (unpaired) electrons. The van der Waals surface area contributed by atoms with Crippen LogP contribution < -0.4 is 0 Å². The van der Waals surface area contributed by atoms with E-state index in [9.17, 15) is 10.2 Å². The Kier molecular flexibility index (Phi) is 12.5. The topological polar surface area (TPSA) is 68.2 Å².